The molecule has 2 fully saturated rings. The molecule has 0 atom stereocenters. The average Bonchev–Trinajstić information content (AvgIpc) is 3.46. The summed E-state index contributed by atoms with van der Waals surface area (Å²) in [5.41, 5.74) is 3.70. The van der Waals surface area contributed by atoms with Gasteiger partial charge in [0.2, 0.25) is 0 Å². The van der Waals surface area contributed by atoms with Crippen molar-refractivity contribution in [3.8, 4) is 11.1 Å². The molecule has 2 aliphatic heterocycles. The summed E-state index contributed by atoms with van der Waals surface area (Å²) in [6, 6.07) is 24.9. The van der Waals surface area contributed by atoms with Crippen molar-refractivity contribution in [2.24, 2.45) is 0 Å². The molecule has 12 heteroatoms. The van der Waals surface area contributed by atoms with E-state index in [-0.39, 0.29) is 22.9 Å². The predicted octanol–water partition coefficient (Wildman–Crippen LogP) is 8.28. The lowest BCUT2D eigenvalue weighted by Gasteiger charge is -2.39. The maximum absolute atomic E-state index is 13.9. The highest BCUT2D eigenvalue weighted by atomic mass is 32.2. The van der Waals surface area contributed by atoms with Crippen LogP contribution >= 0.6 is 23.5 Å². The maximum atomic E-state index is 13.9. The summed E-state index contributed by atoms with van der Waals surface area (Å²) in [5.74, 6) is 4.09. The number of hydrogen-bond donors (Lipinski definition) is 0. The molecule has 0 spiro atoms. The summed E-state index contributed by atoms with van der Waals surface area (Å²) in [6.45, 7) is 11.4. The van der Waals surface area contributed by atoms with Gasteiger partial charge in [-0.3, -0.25) is 39.6 Å². The van der Waals surface area contributed by atoms with Crippen LogP contribution in [0.4, 0.5) is 11.4 Å². The molecule has 0 radical (unpaired) electrons. The van der Waals surface area contributed by atoms with E-state index in [2.05, 4.69) is 9.80 Å². The zero-order valence-electron chi connectivity index (χ0n) is 31.7. The number of ketones is 2. The number of hydrogen-bond acceptors (Lipinski definition) is 10. The van der Waals surface area contributed by atoms with Crippen molar-refractivity contribution in [1.82, 2.24) is 9.80 Å². The lowest BCUT2D eigenvalue weighted by molar-refractivity contribution is -0.385. The van der Waals surface area contributed by atoms with Gasteiger partial charge in [-0.05, 0) is 80.0 Å². The van der Waals surface area contributed by atoms with E-state index in [1.807, 2.05) is 99.7 Å². The summed E-state index contributed by atoms with van der Waals surface area (Å²) in [7, 11) is 0. The van der Waals surface area contributed by atoms with Crippen molar-refractivity contribution < 1.29 is 19.4 Å². The molecule has 0 amide bonds. The van der Waals surface area contributed by atoms with E-state index in [0.29, 0.717) is 40.7 Å². The van der Waals surface area contributed by atoms with E-state index >= 15 is 0 Å². The molecule has 0 saturated carbocycles. The lowest BCUT2D eigenvalue weighted by atomic mass is 9.69. The number of Topliss-reactive ketones (excluding diaryl/α,β-unsaturated/α-hetero) is 2. The number of carbonyl (C=O) groups is 2. The summed E-state index contributed by atoms with van der Waals surface area (Å²) in [4.78, 5) is 55.6. The SMILES string of the molecule is CC(C)(C(=O)c1ccc(CC2(Cc3ccc(C(=O)C(C)(C)N4CCSCC4)cc3)c3ccc([N+](=O)[O-])cc3-c3ccc([N+](=O)[O-])cc32)cc1)N1CCSCC1. The Morgan fingerprint density at radius 3 is 1.45 bits per heavy atom. The van der Waals surface area contributed by atoms with E-state index in [4.69, 9.17) is 0 Å². The Hall–Kier alpha value is -4.36. The Balaban J connectivity index is 1.28. The highest BCUT2D eigenvalue weighted by Crippen LogP contribution is 2.54. The molecule has 0 bridgehead atoms. The first kappa shape index (κ1) is 38.9. The van der Waals surface area contributed by atoms with Crippen LogP contribution in [0.2, 0.25) is 0 Å². The van der Waals surface area contributed by atoms with Gasteiger partial charge >= 0.3 is 0 Å². The molecule has 10 nitrogen and oxygen atoms in total. The molecular weight excluding hydrogens is 733 g/mol. The minimum atomic E-state index is -0.863. The van der Waals surface area contributed by atoms with E-state index in [9.17, 15) is 29.8 Å². The second-order valence-corrected chi connectivity index (χ2v) is 18.2. The molecule has 286 valence electrons. The molecule has 55 heavy (non-hydrogen) atoms. The van der Waals surface area contributed by atoms with Gasteiger partial charge in [0.05, 0.1) is 20.9 Å². The van der Waals surface area contributed by atoms with Crippen molar-refractivity contribution in [3.05, 3.63) is 139 Å². The van der Waals surface area contributed by atoms with Crippen LogP contribution in [0.3, 0.4) is 0 Å². The van der Waals surface area contributed by atoms with Crippen LogP contribution in [0.5, 0.6) is 0 Å². The normalized spacial score (nSPS) is 17.3. The van der Waals surface area contributed by atoms with E-state index in [1.54, 1.807) is 24.3 Å². The van der Waals surface area contributed by atoms with Gasteiger partial charge in [0.25, 0.3) is 11.4 Å². The quantitative estimate of drug-likeness (QED) is 0.0788. The minimum Gasteiger partial charge on any atom is -0.292 e. The zero-order valence-corrected chi connectivity index (χ0v) is 33.3. The fourth-order valence-electron chi connectivity index (χ4n) is 8.63. The fraction of sp³-hybridized carbons (Fsp3) is 0.395. The summed E-state index contributed by atoms with van der Waals surface area (Å²) < 4.78 is 0. The predicted molar refractivity (Wildman–Crippen MR) is 221 cm³/mol. The second kappa shape index (κ2) is 15.3. The van der Waals surface area contributed by atoms with Gasteiger partial charge in [-0.2, -0.15) is 23.5 Å². The first-order valence-corrected chi connectivity index (χ1v) is 21.0. The van der Waals surface area contributed by atoms with E-state index in [0.717, 1.165) is 65.9 Å². The summed E-state index contributed by atoms with van der Waals surface area (Å²) >= 11 is 3.80. The van der Waals surface area contributed by atoms with Crippen LogP contribution in [0.25, 0.3) is 11.1 Å². The van der Waals surface area contributed by atoms with E-state index < -0.39 is 26.3 Å². The number of rotatable bonds is 12. The van der Waals surface area contributed by atoms with E-state index in [1.165, 1.54) is 12.1 Å². The highest BCUT2D eigenvalue weighted by Gasteiger charge is 2.45. The van der Waals surface area contributed by atoms with Crippen LogP contribution < -0.4 is 0 Å². The minimum absolute atomic E-state index is 0.0529. The van der Waals surface area contributed by atoms with Crippen molar-refractivity contribution in [3.63, 3.8) is 0 Å². The third-order valence-electron chi connectivity index (χ3n) is 11.9. The fourth-order valence-corrected chi connectivity index (χ4v) is 10.4. The molecular formula is C43H46N4O6S2. The number of nitro groups is 2. The van der Waals surface area contributed by atoms with Gasteiger partial charge in [-0.1, -0.05) is 54.6 Å². The molecule has 2 heterocycles. The summed E-state index contributed by atoms with van der Waals surface area (Å²) in [6.07, 6.45) is 0.821. The lowest BCUT2D eigenvalue weighted by Crippen LogP contribution is -2.53. The highest BCUT2D eigenvalue weighted by molar-refractivity contribution is 7.99. The molecule has 0 unspecified atom stereocenters. The first-order chi connectivity index (χ1) is 26.2. The number of fused-ring (bicyclic) bond motifs is 3. The van der Waals surface area contributed by atoms with Crippen LogP contribution in [0.1, 0.15) is 70.7 Å². The molecule has 4 aromatic rings. The van der Waals surface area contributed by atoms with Gasteiger partial charge < -0.3 is 0 Å². The number of carbonyl (C=O) groups excluding carboxylic acids is 2. The Morgan fingerprint density at radius 2 is 1.02 bits per heavy atom. The number of non-ortho nitro benzene ring substituents is 2. The zero-order chi connectivity index (χ0) is 39.1. The maximum Gasteiger partial charge on any atom is 0.270 e. The van der Waals surface area contributed by atoms with Crippen molar-refractivity contribution >= 4 is 46.5 Å². The van der Waals surface area contributed by atoms with Gasteiger partial charge in [0.1, 0.15) is 0 Å². The smallest absolute Gasteiger partial charge is 0.270 e. The number of nitro benzene ring substituents is 2. The molecule has 0 aromatic heterocycles. The molecule has 2 saturated heterocycles. The van der Waals surface area contributed by atoms with Crippen molar-refractivity contribution in [2.75, 3.05) is 49.2 Å². The van der Waals surface area contributed by atoms with Crippen LogP contribution in [0, 0.1) is 20.2 Å². The van der Waals surface area contributed by atoms with Gasteiger partial charge in [0.15, 0.2) is 11.6 Å². The van der Waals surface area contributed by atoms with Gasteiger partial charge in [-0.15, -0.1) is 0 Å². The first-order valence-electron chi connectivity index (χ1n) is 18.7. The van der Waals surface area contributed by atoms with Crippen LogP contribution in [-0.4, -0.2) is 91.5 Å². The molecule has 1 aliphatic carbocycles. The summed E-state index contributed by atoms with van der Waals surface area (Å²) in [5, 5.41) is 24.2. The Kier molecular flexibility index (Phi) is 10.8. The van der Waals surface area contributed by atoms with Crippen molar-refractivity contribution in [1.29, 1.82) is 0 Å². The third-order valence-corrected chi connectivity index (χ3v) is 13.8. The Labute approximate surface area is 330 Å². The third kappa shape index (κ3) is 7.37. The Morgan fingerprint density at radius 1 is 0.600 bits per heavy atom. The van der Waals surface area contributed by atoms with Crippen LogP contribution in [0.15, 0.2) is 84.9 Å². The van der Waals surface area contributed by atoms with Gasteiger partial charge in [0, 0.05) is 90.0 Å². The number of thioether (sulfide) groups is 2. The van der Waals surface area contributed by atoms with Crippen LogP contribution in [-0.2, 0) is 18.3 Å². The molecule has 3 aliphatic rings. The van der Waals surface area contributed by atoms with Crippen molar-refractivity contribution in [2.45, 2.75) is 57.0 Å². The topological polar surface area (TPSA) is 127 Å². The molecule has 4 aromatic carbocycles. The monoisotopic (exact) mass is 778 g/mol. The number of nitrogens with zero attached hydrogens (tertiary/aromatic N) is 4. The molecule has 0 N–H and O–H groups in total. The average molecular weight is 779 g/mol. The number of benzene rings is 4. The van der Waals surface area contributed by atoms with Gasteiger partial charge in [-0.25, -0.2) is 0 Å². The molecule has 7 rings (SSSR count). The standard InChI is InChI=1S/C43H46N4O6S2/c1-41(2,44-17-21-54-22-18-44)39(48)31-9-5-29(6-10-31)27-43(28-30-7-11-32(12-8-30)40(49)42(3,4)45-19-23-55-24-20-45)37-16-14-33(46(50)51)25-36(37)35-15-13-34(47(52)53)26-38(35)43/h5-16,25-26H,17-24,27-28H2,1-4H3. The Bertz CT molecular complexity index is 2050. The second-order valence-electron chi connectivity index (χ2n) is 15.8. The largest absolute Gasteiger partial charge is 0.292 e.